The molecule has 1 heterocycles. The van der Waals surface area contributed by atoms with Crippen LogP contribution in [-0.4, -0.2) is 10.8 Å². The molecule has 0 aliphatic carbocycles. The molecular weight excluding hydrogens is 302 g/mol. The topological polar surface area (TPSA) is 30.0 Å². The van der Waals surface area contributed by atoms with E-state index in [1.807, 2.05) is 42.5 Å². The second kappa shape index (κ2) is 5.60. The SMILES string of the molecule is Cc1cc2ccccc2c2nc(CC(=O)c3ccccc3)sc12. The molecule has 0 aliphatic heterocycles. The standard InChI is InChI=1S/C20H15NOS/c1-13-11-15-9-5-6-10-16(15)19-20(13)23-18(21-19)12-17(22)14-7-3-2-4-8-14/h2-11H,12H2,1H3. The number of hydrogen-bond donors (Lipinski definition) is 0. The lowest BCUT2D eigenvalue weighted by atomic mass is 10.1. The molecule has 2 nitrogen and oxygen atoms in total. The van der Waals surface area contributed by atoms with Crippen LogP contribution < -0.4 is 0 Å². The lowest BCUT2D eigenvalue weighted by molar-refractivity contribution is 0.0993. The van der Waals surface area contributed by atoms with Crippen LogP contribution in [0.2, 0.25) is 0 Å². The maximum atomic E-state index is 12.4. The predicted octanol–water partition coefficient (Wildman–Crippen LogP) is 5.18. The fourth-order valence-corrected chi connectivity index (χ4v) is 3.94. The van der Waals surface area contributed by atoms with Gasteiger partial charge in [0, 0.05) is 10.9 Å². The second-order valence-corrected chi connectivity index (χ2v) is 6.75. The third-order valence-electron chi connectivity index (χ3n) is 4.03. The Hall–Kier alpha value is -2.52. The Balaban J connectivity index is 1.79. The molecule has 0 saturated heterocycles. The van der Waals surface area contributed by atoms with Gasteiger partial charge in [-0.05, 0) is 23.9 Å². The highest BCUT2D eigenvalue weighted by molar-refractivity contribution is 7.19. The van der Waals surface area contributed by atoms with E-state index in [2.05, 4.69) is 25.1 Å². The van der Waals surface area contributed by atoms with Gasteiger partial charge < -0.3 is 0 Å². The third kappa shape index (κ3) is 2.53. The zero-order valence-corrected chi connectivity index (χ0v) is 13.6. The Bertz CT molecular complexity index is 1020. The molecule has 0 aliphatic rings. The van der Waals surface area contributed by atoms with Crippen LogP contribution in [0.5, 0.6) is 0 Å². The summed E-state index contributed by atoms with van der Waals surface area (Å²) in [6, 6.07) is 19.9. The Kier molecular flexibility index (Phi) is 3.43. The minimum atomic E-state index is 0.117. The van der Waals surface area contributed by atoms with Gasteiger partial charge in [-0.1, -0.05) is 54.6 Å². The van der Waals surface area contributed by atoms with Crippen molar-refractivity contribution in [2.24, 2.45) is 0 Å². The lowest BCUT2D eigenvalue weighted by Crippen LogP contribution is -2.02. The van der Waals surface area contributed by atoms with Gasteiger partial charge in [0.2, 0.25) is 0 Å². The number of Topliss-reactive ketones (excluding diaryl/α,β-unsaturated/α-hetero) is 1. The van der Waals surface area contributed by atoms with Crippen molar-refractivity contribution >= 4 is 38.1 Å². The smallest absolute Gasteiger partial charge is 0.169 e. The van der Waals surface area contributed by atoms with Crippen molar-refractivity contribution in [1.29, 1.82) is 0 Å². The Morgan fingerprint density at radius 2 is 1.78 bits per heavy atom. The minimum absolute atomic E-state index is 0.117. The van der Waals surface area contributed by atoms with E-state index in [1.54, 1.807) is 11.3 Å². The van der Waals surface area contributed by atoms with Gasteiger partial charge in [-0.3, -0.25) is 4.79 Å². The molecule has 112 valence electrons. The van der Waals surface area contributed by atoms with Crippen LogP contribution in [0, 0.1) is 6.92 Å². The van der Waals surface area contributed by atoms with Gasteiger partial charge in [0.1, 0.15) is 5.01 Å². The molecule has 4 aromatic rings. The molecule has 3 aromatic carbocycles. The van der Waals surface area contributed by atoms with E-state index in [0.29, 0.717) is 6.42 Å². The van der Waals surface area contributed by atoms with Gasteiger partial charge in [-0.15, -0.1) is 11.3 Å². The molecule has 0 amide bonds. The van der Waals surface area contributed by atoms with Crippen LogP contribution in [-0.2, 0) is 6.42 Å². The Morgan fingerprint density at radius 1 is 1.04 bits per heavy atom. The van der Waals surface area contributed by atoms with Crippen LogP contribution in [0.1, 0.15) is 20.9 Å². The zero-order chi connectivity index (χ0) is 15.8. The number of nitrogens with zero attached hydrogens (tertiary/aromatic N) is 1. The monoisotopic (exact) mass is 317 g/mol. The van der Waals surface area contributed by atoms with Crippen LogP contribution >= 0.6 is 11.3 Å². The number of ketones is 1. The molecule has 0 radical (unpaired) electrons. The van der Waals surface area contributed by atoms with Gasteiger partial charge in [-0.25, -0.2) is 4.98 Å². The highest BCUT2D eigenvalue weighted by Crippen LogP contribution is 2.32. The molecule has 0 bridgehead atoms. The molecule has 0 fully saturated rings. The average Bonchev–Trinajstić information content (AvgIpc) is 3.00. The molecule has 0 atom stereocenters. The third-order valence-corrected chi connectivity index (χ3v) is 5.22. The minimum Gasteiger partial charge on any atom is -0.294 e. The highest BCUT2D eigenvalue weighted by Gasteiger charge is 2.14. The number of hydrogen-bond acceptors (Lipinski definition) is 3. The summed E-state index contributed by atoms with van der Waals surface area (Å²) in [6.45, 7) is 2.11. The first-order chi connectivity index (χ1) is 11.2. The van der Waals surface area contributed by atoms with Crippen molar-refractivity contribution in [2.45, 2.75) is 13.3 Å². The van der Waals surface area contributed by atoms with E-state index < -0.39 is 0 Å². The molecule has 0 saturated carbocycles. The van der Waals surface area contributed by atoms with Gasteiger partial charge in [0.05, 0.1) is 16.6 Å². The lowest BCUT2D eigenvalue weighted by Gasteiger charge is -2.00. The molecule has 3 heteroatoms. The maximum absolute atomic E-state index is 12.4. The number of aromatic nitrogens is 1. The van der Waals surface area contributed by atoms with Gasteiger partial charge >= 0.3 is 0 Å². The van der Waals surface area contributed by atoms with E-state index in [-0.39, 0.29) is 5.78 Å². The largest absolute Gasteiger partial charge is 0.294 e. The summed E-state index contributed by atoms with van der Waals surface area (Å²) >= 11 is 1.63. The maximum Gasteiger partial charge on any atom is 0.169 e. The second-order valence-electron chi connectivity index (χ2n) is 5.67. The molecule has 1 aromatic heterocycles. The Morgan fingerprint density at radius 3 is 2.61 bits per heavy atom. The van der Waals surface area contributed by atoms with E-state index >= 15 is 0 Å². The van der Waals surface area contributed by atoms with Crippen molar-refractivity contribution in [1.82, 2.24) is 4.98 Å². The van der Waals surface area contributed by atoms with Crippen molar-refractivity contribution < 1.29 is 4.79 Å². The summed E-state index contributed by atoms with van der Waals surface area (Å²) < 4.78 is 1.18. The zero-order valence-electron chi connectivity index (χ0n) is 12.7. The van der Waals surface area contributed by atoms with Gasteiger partial charge in [-0.2, -0.15) is 0 Å². The number of carbonyl (C=O) groups excluding carboxylic acids is 1. The normalized spacial score (nSPS) is 11.2. The summed E-state index contributed by atoms with van der Waals surface area (Å²) in [7, 11) is 0. The van der Waals surface area contributed by atoms with Gasteiger partial charge in [0.15, 0.2) is 5.78 Å². The quantitative estimate of drug-likeness (QED) is 0.487. The molecule has 4 rings (SSSR count). The van der Waals surface area contributed by atoms with Crippen molar-refractivity contribution in [3.63, 3.8) is 0 Å². The summed E-state index contributed by atoms with van der Waals surface area (Å²) in [5.41, 5.74) is 2.98. The van der Waals surface area contributed by atoms with E-state index in [0.717, 1.165) is 21.5 Å². The van der Waals surface area contributed by atoms with Crippen molar-refractivity contribution in [2.75, 3.05) is 0 Å². The number of carbonyl (C=O) groups is 1. The Labute approximate surface area is 138 Å². The van der Waals surface area contributed by atoms with Gasteiger partial charge in [0.25, 0.3) is 0 Å². The van der Waals surface area contributed by atoms with E-state index in [1.165, 1.54) is 15.6 Å². The van der Waals surface area contributed by atoms with Crippen molar-refractivity contribution in [3.05, 3.63) is 76.8 Å². The number of fused-ring (bicyclic) bond motifs is 3. The van der Waals surface area contributed by atoms with Crippen LogP contribution in [0.3, 0.4) is 0 Å². The molecule has 0 N–H and O–H groups in total. The number of benzene rings is 3. The fourth-order valence-electron chi connectivity index (χ4n) is 2.89. The molecule has 0 spiro atoms. The van der Waals surface area contributed by atoms with Crippen molar-refractivity contribution in [3.8, 4) is 0 Å². The highest BCUT2D eigenvalue weighted by atomic mass is 32.1. The summed E-state index contributed by atoms with van der Waals surface area (Å²) in [5.74, 6) is 0.117. The molecule has 23 heavy (non-hydrogen) atoms. The average molecular weight is 317 g/mol. The first-order valence-electron chi connectivity index (χ1n) is 7.58. The number of rotatable bonds is 3. The summed E-state index contributed by atoms with van der Waals surface area (Å²) in [6.07, 6.45) is 0.358. The fraction of sp³-hybridized carbons (Fsp3) is 0.100. The molecular formula is C20H15NOS. The first kappa shape index (κ1) is 14.1. The summed E-state index contributed by atoms with van der Waals surface area (Å²) in [5, 5.41) is 3.24. The first-order valence-corrected chi connectivity index (χ1v) is 8.40. The predicted molar refractivity (Wildman–Crippen MR) is 96.3 cm³/mol. The molecule has 0 unspecified atom stereocenters. The van der Waals surface area contributed by atoms with E-state index in [9.17, 15) is 4.79 Å². The number of aryl methyl sites for hydroxylation is 1. The van der Waals surface area contributed by atoms with E-state index in [4.69, 9.17) is 4.98 Å². The summed E-state index contributed by atoms with van der Waals surface area (Å²) in [4.78, 5) is 17.2. The number of thiazole rings is 1. The van der Waals surface area contributed by atoms with Crippen LogP contribution in [0.25, 0.3) is 21.0 Å². The van der Waals surface area contributed by atoms with Crippen LogP contribution in [0.4, 0.5) is 0 Å². The van der Waals surface area contributed by atoms with Crippen LogP contribution in [0.15, 0.2) is 60.7 Å².